The van der Waals surface area contributed by atoms with Crippen molar-refractivity contribution in [3.63, 3.8) is 0 Å². The van der Waals surface area contributed by atoms with Gasteiger partial charge in [-0.1, -0.05) is 19.9 Å². The molecule has 0 aliphatic carbocycles. The van der Waals surface area contributed by atoms with Gasteiger partial charge in [0.2, 0.25) is 0 Å². The van der Waals surface area contributed by atoms with E-state index in [1.54, 1.807) is 22.7 Å². The standard InChI is InChI=1S/C16H19N3S2/c1-3-7-17-15-13-9-11(4-2)21-16(13)19-14(18-15)10-12-6-5-8-20-12/h5-6,8-9H,3-4,7,10H2,1-2H3,(H,17,18,19). The lowest BCUT2D eigenvalue weighted by atomic mass is 10.3. The van der Waals surface area contributed by atoms with E-state index in [0.717, 1.165) is 42.3 Å². The maximum atomic E-state index is 4.76. The van der Waals surface area contributed by atoms with Crippen LogP contribution in [0.4, 0.5) is 5.82 Å². The van der Waals surface area contributed by atoms with Gasteiger partial charge in [-0.15, -0.1) is 22.7 Å². The largest absolute Gasteiger partial charge is 0.369 e. The lowest BCUT2D eigenvalue weighted by molar-refractivity contribution is 0.951. The molecule has 0 aliphatic rings. The van der Waals surface area contributed by atoms with Gasteiger partial charge in [0.05, 0.1) is 5.39 Å². The third-order valence-corrected chi connectivity index (χ3v) is 5.34. The van der Waals surface area contributed by atoms with Gasteiger partial charge in [-0.05, 0) is 30.4 Å². The molecule has 3 rings (SSSR count). The van der Waals surface area contributed by atoms with Gasteiger partial charge in [-0.25, -0.2) is 9.97 Å². The number of aryl methyl sites for hydroxylation is 1. The summed E-state index contributed by atoms with van der Waals surface area (Å²) in [6, 6.07) is 6.45. The Kier molecular flexibility index (Phi) is 4.51. The molecule has 0 unspecified atom stereocenters. The van der Waals surface area contributed by atoms with Gasteiger partial charge in [0, 0.05) is 22.7 Å². The van der Waals surface area contributed by atoms with Gasteiger partial charge in [0.25, 0.3) is 0 Å². The highest BCUT2D eigenvalue weighted by molar-refractivity contribution is 7.18. The van der Waals surface area contributed by atoms with Crippen LogP contribution in [0, 0.1) is 0 Å². The van der Waals surface area contributed by atoms with Crippen LogP contribution in [0.1, 0.15) is 35.8 Å². The second kappa shape index (κ2) is 6.54. The van der Waals surface area contributed by atoms with Crippen molar-refractivity contribution in [1.29, 1.82) is 0 Å². The molecule has 1 N–H and O–H groups in total. The first kappa shape index (κ1) is 14.5. The van der Waals surface area contributed by atoms with Gasteiger partial charge < -0.3 is 5.32 Å². The minimum Gasteiger partial charge on any atom is -0.369 e. The van der Waals surface area contributed by atoms with Crippen molar-refractivity contribution < 1.29 is 0 Å². The lowest BCUT2D eigenvalue weighted by Gasteiger charge is -2.07. The van der Waals surface area contributed by atoms with Crippen molar-refractivity contribution in [1.82, 2.24) is 9.97 Å². The number of rotatable bonds is 6. The highest BCUT2D eigenvalue weighted by atomic mass is 32.1. The molecule has 3 aromatic heterocycles. The molecule has 0 amide bonds. The monoisotopic (exact) mass is 317 g/mol. The molecule has 0 atom stereocenters. The molecule has 3 aromatic rings. The quantitative estimate of drug-likeness (QED) is 0.714. The number of fused-ring (bicyclic) bond motifs is 1. The van der Waals surface area contributed by atoms with E-state index in [9.17, 15) is 0 Å². The van der Waals surface area contributed by atoms with Crippen LogP contribution in [0.3, 0.4) is 0 Å². The molecule has 0 fully saturated rings. The first-order valence-corrected chi connectivity index (χ1v) is 9.05. The summed E-state index contributed by atoms with van der Waals surface area (Å²) in [4.78, 5) is 13.3. The van der Waals surface area contributed by atoms with Crippen LogP contribution in [0.2, 0.25) is 0 Å². The summed E-state index contributed by atoms with van der Waals surface area (Å²) < 4.78 is 0. The fourth-order valence-corrected chi connectivity index (χ4v) is 3.90. The van der Waals surface area contributed by atoms with Gasteiger partial charge >= 0.3 is 0 Å². The number of nitrogens with zero attached hydrogens (tertiary/aromatic N) is 2. The molecule has 0 radical (unpaired) electrons. The Labute approximate surface area is 133 Å². The summed E-state index contributed by atoms with van der Waals surface area (Å²) in [5.41, 5.74) is 0. The van der Waals surface area contributed by atoms with Gasteiger partial charge in [0.1, 0.15) is 16.5 Å². The second-order valence-corrected chi connectivity index (χ2v) is 7.10. The summed E-state index contributed by atoms with van der Waals surface area (Å²) >= 11 is 3.54. The third kappa shape index (κ3) is 3.24. The Bertz CT molecular complexity index is 717. The molecule has 5 heteroatoms. The predicted molar refractivity (Wildman–Crippen MR) is 92.7 cm³/mol. The van der Waals surface area contributed by atoms with Crippen molar-refractivity contribution in [2.75, 3.05) is 11.9 Å². The molecule has 21 heavy (non-hydrogen) atoms. The van der Waals surface area contributed by atoms with E-state index in [2.05, 4.69) is 42.7 Å². The summed E-state index contributed by atoms with van der Waals surface area (Å²) in [6.45, 7) is 5.30. The number of thiophene rings is 2. The average molecular weight is 317 g/mol. The molecule has 3 heterocycles. The molecule has 0 aromatic carbocycles. The minimum absolute atomic E-state index is 0.813. The highest BCUT2D eigenvalue weighted by Gasteiger charge is 2.11. The molecular weight excluding hydrogens is 298 g/mol. The van der Waals surface area contributed by atoms with Gasteiger partial charge in [0.15, 0.2) is 0 Å². The highest BCUT2D eigenvalue weighted by Crippen LogP contribution is 2.30. The fraction of sp³-hybridized carbons (Fsp3) is 0.375. The molecule has 3 nitrogen and oxygen atoms in total. The zero-order valence-electron chi connectivity index (χ0n) is 12.3. The predicted octanol–water partition coefficient (Wildman–Crippen LogP) is 4.73. The molecule has 0 saturated carbocycles. The van der Waals surface area contributed by atoms with Crippen LogP contribution in [0.15, 0.2) is 23.6 Å². The van der Waals surface area contributed by atoms with Crippen LogP contribution in [0.5, 0.6) is 0 Å². The second-order valence-electron chi connectivity index (χ2n) is 4.96. The molecule has 0 spiro atoms. The number of aromatic nitrogens is 2. The van der Waals surface area contributed by atoms with Crippen molar-refractivity contribution in [2.24, 2.45) is 0 Å². The summed E-state index contributed by atoms with van der Waals surface area (Å²) in [6.07, 6.45) is 2.96. The average Bonchev–Trinajstić information content (AvgIpc) is 3.13. The van der Waals surface area contributed by atoms with Crippen LogP contribution in [-0.4, -0.2) is 16.5 Å². The number of hydrogen-bond acceptors (Lipinski definition) is 5. The summed E-state index contributed by atoms with van der Waals surface area (Å²) in [7, 11) is 0. The van der Waals surface area contributed by atoms with Crippen molar-refractivity contribution in [3.05, 3.63) is 39.2 Å². The third-order valence-electron chi connectivity index (χ3n) is 3.29. The molecule has 0 aliphatic heterocycles. The number of anilines is 1. The lowest BCUT2D eigenvalue weighted by Crippen LogP contribution is -2.05. The maximum Gasteiger partial charge on any atom is 0.138 e. The number of nitrogens with one attached hydrogen (secondary N) is 1. The Morgan fingerprint density at radius 2 is 2.10 bits per heavy atom. The van der Waals surface area contributed by atoms with E-state index in [1.807, 2.05) is 0 Å². The zero-order chi connectivity index (χ0) is 14.7. The van der Waals surface area contributed by atoms with Crippen molar-refractivity contribution in [3.8, 4) is 0 Å². The maximum absolute atomic E-state index is 4.76. The minimum atomic E-state index is 0.813. The van der Waals surface area contributed by atoms with Crippen LogP contribution in [0.25, 0.3) is 10.2 Å². The Balaban J connectivity index is 2.00. The van der Waals surface area contributed by atoms with E-state index in [4.69, 9.17) is 9.97 Å². The van der Waals surface area contributed by atoms with Gasteiger partial charge in [-0.3, -0.25) is 0 Å². The fourth-order valence-electron chi connectivity index (χ4n) is 2.22. The van der Waals surface area contributed by atoms with E-state index >= 15 is 0 Å². The molecule has 0 saturated heterocycles. The smallest absolute Gasteiger partial charge is 0.138 e. The van der Waals surface area contributed by atoms with Crippen molar-refractivity contribution >= 4 is 38.7 Å². The van der Waals surface area contributed by atoms with E-state index < -0.39 is 0 Å². The first-order valence-electron chi connectivity index (χ1n) is 7.35. The molecule has 0 bridgehead atoms. The van der Waals surface area contributed by atoms with Gasteiger partial charge in [-0.2, -0.15) is 0 Å². The normalized spacial score (nSPS) is 11.1. The van der Waals surface area contributed by atoms with E-state index in [1.165, 1.54) is 15.1 Å². The summed E-state index contributed by atoms with van der Waals surface area (Å²) in [5, 5.41) is 6.72. The zero-order valence-corrected chi connectivity index (χ0v) is 14.0. The van der Waals surface area contributed by atoms with Crippen LogP contribution >= 0.6 is 22.7 Å². The first-order chi connectivity index (χ1) is 10.3. The Hall–Kier alpha value is -1.46. The summed E-state index contributed by atoms with van der Waals surface area (Å²) in [5.74, 6) is 1.90. The Morgan fingerprint density at radius 1 is 1.19 bits per heavy atom. The molecule has 110 valence electrons. The SMILES string of the molecule is CCCNc1nc(Cc2cccs2)nc2sc(CC)cc12. The number of hydrogen-bond donors (Lipinski definition) is 1. The van der Waals surface area contributed by atoms with Crippen molar-refractivity contribution in [2.45, 2.75) is 33.1 Å². The van der Waals surface area contributed by atoms with E-state index in [0.29, 0.717) is 0 Å². The van der Waals surface area contributed by atoms with E-state index in [-0.39, 0.29) is 0 Å². The van der Waals surface area contributed by atoms with Crippen LogP contribution < -0.4 is 5.32 Å². The Morgan fingerprint density at radius 3 is 2.81 bits per heavy atom. The van der Waals surface area contributed by atoms with Crippen LogP contribution in [-0.2, 0) is 12.8 Å². The topological polar surface area (TPSA) is 37.8 Å². The molecular formula is C16H19N3S2.